The second-order valence-electron chi connectivity index (χ2n) is 5.94. The van der Waals surface area contributed by atoms with Gasteiger partial charge in [-0.3, -0.25) is 9.59 Å². The molecule has 2 amide bonds. The molecule has 0 aliphatic heterocycles. The van der Waals surface area contributed by atoms with Gasteiger partial charge < -0.3 is 20.1 Å². The summed E-state index contributed by atoms with van der Waals surface area (Å²) in [5.74, 6) is -1.25. The van der Waals surface area contributed by atoms with Crippen LogP contribution in [0.25, 0.3) is 0 Å². The lowest BCUT2D eigenvalue weighted by atomic mass is 10.1. The number of hydrogen-bond acceptors (Lipinski definition) is 4. The maximum absolute atomic E-state index is 13.5. The smallest absolute Gasteiger partial charge is 0.254 e. The summed E-state index contributed by atoms with van der Waals surface area (Å²) < 4.78 is 36.8. The Morgan fingerprint density at radius 3 is 2.46 bits per heavy atom. The molecule has 2 rings (SSSR count). The van der Waals surface area contributed by atoms with Gasteiger partial charge in [-0.25, -0.2) is 8.78 Å². The van der Waals surface area contributed by atoms with E-state index in [1.54, 1.807) is 32.4 Å². The Kier molecular flexibility index (Phi) is 7.74. The fourth-order valence-corrected chi connectivity index (χ4v) is 2.52. The van der Waals surface area contributed by atoms with Crippen LogP contribution in [0.2, 0.25) is 0 Å². The van der Waals surface area contributed by atoms with E-state index >= 15 is 0 Å². The summed E-state index contributed by atoms with van der Waals surface area (Å²) in [5, 5.41) is 5.28. The van der Waals surface area contributed by atoms with Gasteiger partial charge in [-0.15, -0.1) is 0 Å². The Morgan fingerprint density at radius 1 is 1.00 bits per heavy atom. The van der Waals surface area contributed by atoms with Crippen LogP contribution < -0.4 is 20.1 Å². The monoisotopic (exact) mass is 392 g/mol. The van der Waals surface area contributed by atoms with Crippen molar-refractivity contribution in [2.24, 2.45) is 0 Å². The lowest BCUT2D eigenvalue weighted by Crippen LogP contribution is -2.28. The Hall–Kier alpha value is -3.16. The number of hydrogen-bond donors (Lipinski definition) is 2. The van der Waals surface area contributed by atoms with E-state index in [0.717, 1.165) is 17.7 Å². The summed E-state index contributed by atoms with van der Waals surface area (Å²) in [5.41, 5.74) is 0.534. The van der Waals surface area contributed by atoms with Crippen molar-refractivity contribution >= 4 is 11.8 Å². The number of halogens is 2. The van der Waals surface area contributed by atoms with Crippen LogP contribution in [0.4, 0.5) is 8.78 Å². The molecule has 0 saturated heterocycles. The van der Waals surface area contributed by atoms with E-state index in [1.807, 2.05) is 0 Å². The fourth-order valence-electron chi connectivity index (χ4n) is 2.52. The topological polar surface area (TPSA) is 76.7 Å². The van der Waals surface area contributed by atoms with Crippen molar-refractivity contribution < 1.29 is 27.8 Å². The third kappa shape index (κ3) is 5.94. The molecule has 0 aliphatic carbocycles. The molecule has 28 heavy (non-hydrogen) atoms. The molecule has 0 heterocycles. The highest BCUT2D eigenvalue weighted by Gasteiger charge is 2.12. The molecule has 0 radical (unpaired) electrons. The maximum atomic E-state index is 13.5. The fraction of sp³-hybridized carbons (Fsp3) is 0.300. The molecule has 0 spiro atoms. The molecule has 2 N–H and O–H groups in total. The van der Waals surface area contributed by atoms with Gasteiger partial charge in [0.2, 0.25) is 5.91 Å². The molecule has 6 nitrogen and oxygen atoms in total. The Morgan fingerprint density at radius 2 is 1.79 bits per heavy atom. The number of carbonyl (C=O) groups is 2. The molecular weight excluding hydrogens is 370 g/mol. The second kappa shape index (κ2) is 10.2. The van der Waals surface area contributed by atoms with Crippen LogP contribution in [-0.2, 0) is 11.3 Å². The average molecular weight is 392 g/mol. The van der Waals surface area contributed by atoms with Crippen molar-refractivity contribution in [1.29, 1.82) is 0 Å². The van der Waals surface area contributed by atoms with Crippen molar-refractivity contribution in [2.75, 3.05) is 20.8 Å². The SMILES string of the molecule is COc1ccc(OC)c(CNC(=O)CCCNC(=O)c2ccc(F)cc2F)c1. The number of amides is 2. The van der Waals surface area contributed by atoms with E-state index in [4.69, 9.17) is 9.47 Å². The number of nitrogens with one attached hydrogen (secondary N) is 2. The standard InChI is InChI=1S/C20H22F2N2O4/c1-27-15-6-8-18(28-2)13(10-15)12-24-19(25)4-3-9-23-20(26)16-7-5-14(21)11-17(16)22/h5-8,10-11H,3-4,9,12H2,1-2H3,(H,23,26)(H,24,25). The second-order valence-corrected chi connectivity index (χ2v) is 5.94. The highest BCUT2D eigenvalue weighted by molar-refractivity contribution is 5.94. The molecule has 0 saturated carbocycles. The van der Waals surface area contributed by atoms with Gasteiger partial charge in [-0.1, -0.05) is 0 Å². The van der Waals surface area contributed by atoms with E-state index in [-0.39, 0.29) is 31.0 Å². The molecule has 2 aromatic rings. The molecule has 2 aromatic carbocycles. The highest BCUT2D eigenvalue weighted by atomic mass is 19.1. The molecule has 0 bridgehead atoms. The third-order valence-electron chi connectivity index (χ3n) is 4.01. The summed E-state index contributed by atoms with van der Waals surface area (Å²) in [6.45, 7) is 0.456. The Bertz CT molecular complexity index is 843. The number of carbonyl (C=O) groups excluding carboxylic acids is 2. The molecule has 150 valence electrons. The van der Waals surface area contributed by atoms with Gasteiger partial charge in [-0.05, 0) is 36.8 Å². The quantitative estimate of drug-likeness (QED) is 0.644. The van der Waals surface area contributed by atoms with Crippen LogP contribution in [-0.4, -0.2) is 32.6 Å². The lowest BCUT2D eigenvalue weighted by Gasteiger charge is -2.11. The van der Waals surface area contributed by atoms with Crippen molar-refractivity contribution in [1.82, 2.24) is 10.6 Å². The van der Waals surface area contributed by atoms with Gasteiger partial charge in [-0.2, -0.15) is 0 Å². The van der Waals surface area contributed by atoms with Crippen LogP contribution in [0, 0.1) is 11.6 Å². The number of ether oxygens (including phenoxy) is 2. The summed E-state index contributed by atoms with van der Waals surface area (Å²) in [6, 6.07) is 8.03. The van der Waals surface area contributed by atoms with Gasteiger partial charge in [0.25, 0.3) is 5.91 Å². The van der Waals surface area contributed by atoms with Crippen LogP contribution in [0.1, 0.15) is 28.8 Å². The van der Waals surface area contributed by atoms with E-state index in [0.29, 0.717) is 24.0 Å². The van der Waals surface area contributed by atoms with Crippen molar-refractivity contribution in [2.45, 2.75) is 19.4 Å². The van der Waals surface area contributed by atoms with E-state index < -0.39 is 17.5 Å². The number of rotatable bonds is 9. The molecule has 0 atom stereocenters. The Balaban J connectivity index is 1.75. The van der Waals surface area contributed by atoms with Gasteiger partial charge in [0, 0.05) is 31.1 Å². The maximum Gasteiger partial charge on any atom is 0.254 e. The largest absolute Gasteiger partial charge is 0.497 e. The normalized spacial score (nSPS) is 10.3. The molecular formula is C20H22F2N2O4. The first-order valence-corrected chi connectivity index (χ1v) is 8.65. The number of methoxy groups -OCH3 is 2. The molecule has 0 unspecified atom stereocenters. The average Bonchev–Trinajstić information content (AvgIpc) is 2.69. The minimum absolute atomic E-state index is 0.179. The first kappa shape index (κ1) is 21.1. The summed E-state index contributed by atoms with van der Waals surface area (Å²) in [4.78, 5) is 23.8. The number of benzene rings is 2. The first-order chi connectivity index (χ1) is 13.4. The molecule has 0 fully saturated rings. The highest BCUT2D eigenvalue weighted by Crippen LogP contribution is 2.23. The predicted molar refractivity (Wildman–Crippen MR) is 99.3 cm³/mol. The predicted octanol–water partition coefficient (Wildman–Crippen LogP) is 2.81. The van der Waals surface area contributed by atoms with Gasteiger partial charge >= 0.3 is 0 Å². The zero-order valence-electron chi connectivity index (χ0n) is 15.7. The Labute approximate surface area is 161 Å². The van der Waals surface area contributed by atoms with E-state index in [9.17, 15) is 18.4 Å². The van der Waals surface area contributed by atoms with Crippen LogP contribution >= 0.6 is 0 Å². The zero-order chi connectivity index (χ0) is 20.5. The molecule has 8 heteroatoms. The van der Waals surface area contributed by atoms with Gasteiger partial charge in [0.05, 0.1) is 19.8 Å². The third-order valence-corrected chi connectivity index (χ3v) is 4.01. The van der Waals surface area contributed by atoms with Crippen LogP contribution in [0.15, 0.2) is 36.4 Å². The zero-order valence-corrected chi connectivity index (χ0v) is 15.7. The van der Waals surface area contributed by atoms with Crippen molar-refractivity contribution in [3.05, 3.63) is 59.2 Å². The summed E-state index contributed by atoms with van der Waals surface area (Å²) in [7, 11) is 3.09. The van der Waals surface area contributed by atoms with E-state index in [2.05, 4.69) is 10.6 Å². The van der Waals surface area contributed by atoms with Gasteiger partial charge in [0.1, 0.15) is 23.1 Å². The molecule has 0 aromatic heterocycles. The van der Waals surface area contributed by atoms with E-state index in [1.165, 1.54) is 0 Å². The first-order valence-electron chi connectivity index (χ1n) is 8.65. The minimum atomic E-state index is -0.928. The van der Waals surface area contributed by atoms with Crippen molar-refractivity contribution in [3.63, 3.8) is 0 Å². The van der Waals surface area contributed by atoms with Crippen LogP contribution in [0.3, 0.4) is 0 Å². The summed E-state index contributed by atoms with van der Waals surface area (Å²) >= 11 is 0. The van der Waals surface area contributed by atoms with Crippen molar-refractivity contribution in [3.8, 4) is 11.5 Å². The minimum Gasteiger partial charge on any atom is -0.497 e. The molecule has 0 aliphatic rings. The van der Waals surface area contributed by atoms with Gasteiger partial charge in [0.15, 0.2) is 0 Å². The lowest BCUT2D eigenvalue weighted by molar-refractivity contribution is -0.121. The van der Waals surface area contributed by atoms with Crippen LogP contribution in [0.5, 0.6) is 11.5 Å². The summed E-state index contributed by atoms with van der Waals surface area (Å²) in [6.07, 6.45) is 0.550.